The van der Waals surface area contributed by atoms with E-state index in [1.165, 1.54) is 18.2 Å². The first kappa shape index (κ1) is 14.8. The van der Waals surface area contributed by atoms with Crippen LogP contribution in [0.2, 0.25) is 0 Å². The summed E-state index contributed by atoms with van der Waals surface area (Å²) in [5, 5.41) is 9.40. The molecule has 1 heterocycles. The van der Waals surface area contributed by atoms with E-state index < -0.39 is 5.97 Å². The molecule has 1 aromatic carbocycles. The smallest absolute Gasteiger partial charge is 0.305 e. The number of rotatable bonds is 5. The Balaban J connectivity index is 2.43. The van der Waals surface area contributed by atoms with E-state index in [4.69, 9.17) is 9.84 Å². The lowest BCUT2D eigenvalue weighted by Crippen LogP contribution is -2.29. The fraction of sp³-hybridized carbons (Fsp3) is 0.267. The van der Waals surface area contributed by atoms with Crippen molar-refractivity contribution in [1.82, 2.24) is 9.88 Å². The number of carbonyl (C=O) groups is 2. The van der Waals surface area contributed by atoms with Gasteiger partial charge in [0.25, 0.3) is 5.91 Å². The van der Waals surface area contributed by atoms with E-state index in [1.54, 1.807) is 13.1 Å². The maximum Gasteiger partial charge on any atom is 0.305 e. The molecule has 6 nitrogen and oxygen atoms in total. The molecule has 1 amide bonds. The summed E-state index contributed by atoms with van der Waals surface area (Å²) in [4.78, 5) is 28.8. The summed E-state index contributed by atoms with van der Waals surface area (Å²) in [5.74, 6) is -0.853. The molecule has 0 bridgehead atoms. The van der Waals surface area contributed by atoms with Crippen LogP contribution in [0.25, 0.3) is 10.9 Å². The third-order valence-electron chi connectivity index (χ3n) is 3.18. The van der Waals surface area contributed by atoms with E-state index in [2.05, 4.69) is 4.98 Å². The van der Waals surface area contributed by atoms with Crippen molar-refractivity contribution in [1.29, 1.82) is 0 Å². The Morgan fingerprint density at radius 3 is 2.71 bits per heavy atom. The number of pyridine rings is 1. The molecule has 110 valence electrons. The first-order chi connectivity index (χ1) is 10.0. The molecule has 0 spiro atoms. The second-order valence-electron chi connectivity index (χ2n) is 4.59. The van der Waals surface area contributed by atoms with Gasteiger partial charge in [0.05, 0.1) is 30.8 Å². The number of methoxy groups -OCH3 is 1. The lowest BCUT2D eigenvalue weighted by atomic mass is 10.1. The molecule has 1 aromatic heterocycles. The number of hydrogen-bond acceptors (Lipinski definition) is 4. The van der Waals surface area contributed by atoms with E-state index in [0.29, 0.717) is 22.2 Å². The zero-order valence-corrected chi connectivity index (χ0v) is 11.9. The summed E-state index contributed by atoms with van der Waals surface area (Å²) in [7, 11) is 3.04. The number of benzene rings is 1. The summed E-state index contributed by atoms with van der Waals surface area (Å²) in [6, 6.07) is 7.26. The fourth-order valence-electron chi connectivity index (χ4n) is 2.05. The first-order valence-electron chi connectivity index (χ1n) is 6.43. The number of amides is 1. The Morgan fingerprint density at radius 2 is 2.05 bits per heavy atom. The lowest BCUT2D eigenvalue weighted by molar-refractivity contribution is -0.137. The van der Waals surface area contributed by atoms with Crippen LogP contribution in [0.3, 0.4) is 0 Å². The minimum atomic E-state index is -0.943. The van der Waals surface area contributed by atoms with Gasteiger partial charge in [-0.05, 0) is 6.07 Å². The largest absolute Gasteiger partial charge is 0.494 e. The zero-order valence-electron chi connectivity index (χ0n) is 11.9. The lowest BCUT2D eigenvalue weighted by Gasteiger charge is -2.18. The van der Waals surface area contributed by atoms with Gasteiger partial charge < -0.3 is 14.7 Å². The highest BCUT2D eigenvalue weighted by molar-refractivity contribution is 6.08. The number of aliphatic carboxylic acids is 1. The molecule has 0 aliphatic heterocycles. The molecular weight excluding hydrogens is 272 g/mol. The maximum atomic E-state index is 12.6. The van der Waals surface area contributed by atoms with Gasteiger partial charge in [0.1, 0.15) is 0 Å². The number of carboxylic acid groups (broad SMARTS) is 1. The molecular formula is C15H16N2O4. The normalized spacial score (nSPS) is 10.4. The highest BCUT2D eigenvalue weighted by atomic mass is 16.5. The summed E-state index contributed by atoms with van der Waals surface area (Å²) in [6.07, 6.45) is 1.40. The SMILES string of the molecule is COc1cnc2ccccc2c1C(=O)N(C)CCC(=O)O. The maximum absolute atomic E-state index is 12.6. The van der Waals surface area contributed by atoms with E-state index in [-0.39, 0.29) is 18.9 Å². The molecule has 0 fully saturated rings. The standard InChI is InChI=1S/C15H16N2O4/c1-17(8-7-13(18)19)15(20)14-10-5-3-4-6-11(10)16-9-12(14)21-2/h3-6,9H,7-8H2,1-2H3,(H,18,19). The molecule has 0 radical (unpaired) electrons. The van der Waals surface area contributed by atoms with Gasteiger partial charge in [-0.25, -0.2) is 0 Å². The van der Waals surface area contributed by atoms with Crippen molar-refractivity contribution in [3.63, 3.8) is 0 Å². The van der Waals surface area contributed by atoms with E-state index in [9.17, 15) is 9.59 Å². The van der Waals surface area contributed by atoms with Crippen LogP contribution < -0.4 is 4.74 Å². The van der Waals surface area contributed by atoms with Crippen molar-refractivity contribution >= 4 is 22.8 Å². The summed E-state index contributed by atoms with van der Waals surface area (Å²) >= 11 is 0. The summed E-state index contributed by atoms with van der Waals surface area (Å²) in [5.41, 5.74) is 1.09. The second-order valence-corrected chi connectivity index (χ2v) is 4.59. The fourth-order valence-corrected chi connectivity index (χ4v) is 2.05. The Kier molecular flexibility index (Phi) is 4.37. The number of ether oxygens (including phenoxy) is 1. The monoisotopic (exact) mass is 288 g/mol. The number of nitrogens with zero attached hydrogens (tertiary/aromatic N) is 2. The Morgan fingerprint density at radius 1 is 1.33 bits per heavy atom. The second kappa shape index (κ2) is 6.21. The van der Waals surface area contributed by atoms with Crippen LogP contribution in [0.5, 0.6) is 5.75 Å². The predicted octanol–water partition coefficient (Wildman–Crippen LogP) is 1.79. The van der Waals surface area contributed by atoms with E-state index in [1.807, 2.05) is 18.2 Å². The molecule has 0 aliphatic rings. The van der Waals surface area contributed by atoms with Crippen LogP contribution in [0, 0.1) is 0 Å². The Hall–Kier alpha value is -2.63. The van der Waals surface area contributed by atoms with Crippen molar-refractivity contribution in [3.05, 3.63) is 36.0 Å². The van der Waals surface area contributed by atoms with Gasteiger partial charge in [-0.3, -0.25) is 14.6 Å². The Bertz CT molecular complexity index is 684. The number of aromatic nitrogens is 1. The average molecular weight is 288 g/mol. The number of para-hydroxylation sites is 1. The van der Waals surface area contributed by atoms with Crippen molar-refractivity contribution in [3.8, 4) is 5.75 Å². The molecule has 21 heavy (non-hydrogen) atoms. The van der Waals surface area contributed by atoms with Gasteiger partial charge >= 0.3 is 5.97 Å². The predicted molar refractivity (Wildman–Crippen MR) is 77.5 cm³/mol. The molecule has 1 N–H and O–H groups in total. The number of fused-ring (bicyclic) bond motifs is 1. The highest BCUT2D eigenvalue weighted by Crippen LogP contribution is 2.27. The quantitative estimate of drug-likeness (QED) is 0.907. The summed E-state index contributed by atoms with van der Waals surface area (Å²) < 4.78 is 5.22. The third kappa shape index (κ3) is 3.10. The molecule has 6 heteroatoms. The zero-order chi connectivity index (χ0) is 15.4. The van der Waals surface area contributed by atoms with Crippen molar-refractivity contribution < 1.29 is 19.4 Å². The minimum absolute atomic E-state index is 0.104. The molecule has 0 aliphatic carbocycles. The molecule has 0 saturated carbocycles. The van der Waals surface area contributed by atoms with Crippen LogP contribution in [0.1, 0.15) is 16.8 Å². The van der Waals surface area contributed by atoms with Gasteiger partial charge in [-0.15, -0.1) is 0 Å². The van der Waals surface area contributed by atoms with Gasteiger partial charge in [0.2, 0.25) is 0 Å². The topological polar surface area (TPSA) is 79.7 Å². The van der Waals surface area contributed by atoms with Crippen molar-refractivity contribution in [2.45, 2.75) is 6.42 Å². The number of carbonyl (C=O) groups excluding carboxylic acids is 1. The minimum Gasteiger partial charge on any atom is -0.494 e. The van der Waals surface area contributed by atoms with Gasteiger partial charge in [0.15, 0.2) is 5.75 Å². The van der Waals surface area contributed by atoms with Crippen LogP contribution in [-0.4, -0.2) is 47.6 Å². The van der Waals surface area contributed by atoms with Crippen molar-refractivity contribution in [2.75, 3.05) is 20.7 Å². The molecule has 0 unspecified atom stereocenters. The molecule has 2 rings (SSSR count). The van der Waals surface area contributed by atoms with Crippen LogP contribution in [0.4, 0.5) is 0 Å². The van der Waals surface area contributed by atoms with E-state index in [0.717, 1.165) is 0 Å². The molecule has 0 atom stereocenters. The highest BCUT2D eigenvalue weighted by Gasteiger charge is 2.20. The third-order valence-corrected chi connectivity index (χ3v) is 3.18. The first-order valence-corrected chi connectivity index (χ1v) is 6.43. The number of carboxylic acids is 1. The Labute approximate surface area is 122 Å². The van der Waals surface area contributed by atoms with Gasteiger partial charge in [-0.1, -0.05) is 18.2 Å². The van der Waals surface area contributed by atoms with Crippen LogP contribution >= 0.6 is 0 Å². The molecule has 2 aromatic rings. The average Bonchev–Trinajstić information content (AvgIpc) is 2.50. The number of hydrogen-bond donors (Lipinski definition) is 1. The van der Waals surface area contributed by atoms with Crippen molar-refractivity contribution in [2.24, 2.45) is 0 Å². The van der Waals surface area contributed by atoms with Gasteiger partial charge in [-0.2, -0.15) is 0 Å². The molecule has 0 saturated heterocycles. The van der Waals surface area contributed by atoms with E-state index >= 15 is 0 Å². The van der Waals surface area contributed by atoms with Crippen LogP contribution in [0.15, 0.2) is 30.5 Å². The summed E-state index contributed by atoms with van der Waals surface area (Å²) in [6.45, 7) is 0.133. The van der Waals surface area contributed by atoms with Crippen LogP contribution in [-0.2, 0) is 4.79 Å². The van der Waals surface area contributed by atoms with Gasteiger partial charge in [0, 0.05) is 19.0 Å².